The first-order valence-electron chi connectivity index (χ1n) is 8.22. The minimum Gasteiger partial charge on any atom is -0.349 e. The Hall–Kier alpha value is -2.43. The van der Waals surface area contributed by atoms with Gasteiger partial charge in [-0.25, -0.2) is 0 Å². The Morgan fingerprint density at radius 2 is 2.17 bits per heavy atom. The molecule has 0 unspecified atom stereocenters. The van der Waals surface area contributed by atoms with Gasteiger partial charge in [0.15, 0.2) is 0 Å². The van der Waals surface area contributed by atoms with Gasteiger partial charge in [-0.05, 0) is 38.2 Å². The second kappa shape index (κ2) is 5.65. The number of carbonyl (C=O) groups excluding carboxylic acids is 1. The molecule has 0 bridgehead atoms. The third-order valence-electron chi connectivity index (χ3n) is 4.58. The maximum absolute atomic E-state index is 12.8. The molecule has 4 rings (SSSR count). The Bertz CT molecular complexity index is 807. The van der Waals surface area contributed by atoms with Crippen molar-refractivity contribution in [2.45, 2.75) is 44.7 Å². The number of amides is 1. The molecule has 3 heterocycles. The smallest absolute Gasteiger partial charge is 0.253 e. The van der Waals surface area contributed by atoms with E-state index >= 15 is 0 Å². The lowest BCUT2D eigenvalue weighted by atomic mass is 9.95. The standard InChI is InChI=1S/C18H19N3O2/c22-16-10-14(12-4-3-8-19-11-12)17(18(23)20-13-6-7-13)15-5-1-2-9-21(15)16/h3-4,8,10-11,13H,1-2,5-7,9H2,(H,20,23). The summed E-state index contributed by atoms with van der Waals surface area (Å²) in [4.78, 5) is 29.4. The zero-order valence-corrected chi connectivity index (χ0v) is 12.9. The van der Waals surface area contributed by atoms with Gasteiger partial charge in [0.25, 0.3) is 11.5 Å². The monoisotopic (exact) mass is 309 g/mol. The van der Waals surface area contributed by atoms with Crippen LogP contribution >= 0.6 is 0 Å². The number of pyridine rings is 2. The third-order valence-corrected chi connectivity index (χ3v) is 4.58. The van der Waals surface area contributed by atoms with E-state index in [1.165, 1.54) is 0 Å². The second-order valence-corrected chi connectivity index (χ2v) is 6.32. The maximum Gasteiger partial charge on any atom is 0.253 e. The highest BCUT2D eigenvalue weighted by Gasteiger charge is 2.29. The molecule has 5 heteroatoms. The lowest BCUT2D eigenvalue weighted by Crippen LogP contribution is -2.34. The molecular formula is C18H19N3O2. The molecule has 0 radical (unpaired) electrons. The molecule has 0 aromatic carbocycles. The Balaban J connectivity index is 1.91. The SMILES string of the molecule is O=C(NC1CC1)c1c(-c2cccnc2)cc(=O)n2c1CCCC2. The van der Waals surface area contributed by atoms with E-state index in [1.807, 2.05) is 12.1 Å². The van der Waals surface area contributed by atoms with E-state index in [0.29, 0.717) is 23.7 Å². The van der Waals surface area contributed by atoms with Crippen molar-refractivity contribution in [1.29, 1.82) is 0 Å². The van der Waals surface area contributed by atoms with E-state index in [2.05, 4.69) is 10.3 Å². The average molecular weight is 309 g/mol. The van der Waals surface area contributed by atoms with Gasteiger partial charge in [-0.3, -0.25) is 14.6 Å². The number of hydrogen-bond acceptors (Lipinski definition) is 3. The van der Waals surface area contributed by atoms with Crippen molar-refractivity contribution in [3.8, 4) is 11.1 Å². The van der Waals surface area contributed by atoms with E-state index in [4.69, 9.17) is 0 Å². The van der Waals surface area contributed by atoms with Gasteiger partial charge < -0.3 is 9.88 Å². The summed E-state index contributed by atoms with van der Waals surface area (Å²) in [5.41, 5.74) is 3.03. The van der Waals surface area contributed by atoms with Crippen molar-refractivity contribution in [3.63, 3.8) is 0 Å². The second-order valence-electron chi connectivity index (χ2n) is 6.32. The quantitative estimate of drug-likeness (QED) is 0.945. The number of aromatic nitrogens is 2. The summed E-state index contributed by atoms with van der Waals surface area (Å²) in [5, 5.41) is 3.08. The van der Waals surface area contributed by atoms with Crippen LogP contribution < -0.4 is 10.9 Å². The van der Waals surface area contributed by atoms with Crippen molar-refractivity contribution in [3.05, 3.63) is 52.2 Å². The number of carbonyl (C=O) groups is 1. The van der Waals surface area contributed by atoms with E-state index in [9.17, 15) is 9.59 Å². The van der Waals surface area contributed by atoms with Gasteiger partial charge in [-0.2, -0.15) is 0 Å². The normalized spacial score (nSPS) is 16.7. The summed E-state index contributed by atoms with van der Waals surface area (Å²) in [5.74, 6) is -0.0583. The van der Waals surface area contributed by atoms with Gasteiger partial charge in [0.2, 0.25) is 0 Å². The van der Waals surface area contributed by atoms with Gasteiger partial charge in [-0.15, -0.1) is 0 Å². The lowest BCUT2D eigenvalue weighted by molar-refractivity contribution is 0.0949. The highest BCUT2D eigenvalue weighted by atomic mass is 16.2. The fourth-order valence-electron chi connectivity index (χ4n) is 3.25. The number of fused-ring (bicyclic) bond motifs is 1. The number of nitrogens with one attached hydrogen (secondary N) is 1. The van der Waals surface area contributed by atoms with Crippen LogP contribution in [0, 0.1) is 0 Å². The number of rotatable bonds is 3. The molecule has 1 fully saturated rings. The molecule has 1 N–H and O–H groups in total. The fraction of sp³-hybridized carbons (Fsp3) is 0.389. The van der Waals surface area contributed by atoms with Crippen molar-refractivity contribution < 1.29 is 4.79 Å². The first kappa shape index (κ1) is 14.2. The summed E-state index contributed by atoms with van der Waals surface area (Å²) in [6.07, 6.45) is 8.27. The number of nitrogens with zero attached hydrogens (tertiary/aromatic N) is 2. The van der Waals surface area contributed by atoms with Gasteiger partial charge in [0, 0.05) is 47.9 Å². The van der Waals surface area contributed by atoms with E-state index in [0.717, 1.165) is 43.4 Å². The van der Waals surface area contributed by atoms with E-state index < -0.39 is 0 Å². The summed E-state index contributed by atoms with van der Waals surface area (Å²) in [6.45, 7) is 0.700. The Labute approximate surface area is 134 Å². The van der Waals surface area contributed by atoms with Crippen LogP contribution in [0.5, 0.6) is 0 Å². The average Bonchev–Trinajstić information content (AvgIpc) is 3.39. The van der Waals surface area contributed by atoms with Gasteiger partial charge in [0.05, 0.1) is 5.56 Å². The predicted octanol–water partition coefficient (Wildman–Crippen LogP) is 2.14. The summed E-state index contributed by atoms with van der Waals surface area (Å²) in [7, 11) is 0. The molecular weight excluding hydrogens is 290 g/mol. The van der Waals surface area contributed by atoms with Crippen LogP contribution in [0.1, 0.15) is 41.7 Å². The molecule has 2 aromatic heterocycles. The Morgan fingerprint density at radius 3 is 2.91 bits per heavy atom. The van der Waals surface area contributed by atoms with Crippen LogP contribution in [0.25, 0.3) is 11.1 Å². The topological polar surface area (TPSA) is 64.0 Å². The van der Waals surface area contributed by atoms with Crippen LogP contribution in [-0.4, -0.2) is 21.5 Å². The molecule has 2 aromatic rings. The number of hydrogen-bond donors (Lipinski definition) is 1. The maximum atomic E-state index is 12.8. The first-order valence-corrected chi connectivity index (χ1v) is 8.22. The molecule has 1 aliphatic heterocycles. The fourth-order valence-corrected chi connectivity index (χ4v) is 3.25. The van der Waals surface area contributed by atoms with Crippen LogP contribution in [0.4, 0.5) is 0 Å². The molecule has 2 aliphatic rings. The van der Waals surface area contributed by atoms with E-state index in [1.54, 1.807) is 23.0 Å². The molecule has 1 aliphatic carbocycles. The molecule has 118 valence electrons. The minimum absolute atomic E-state index is 0.0264. The molecule has 5 nitrogen and oxygen atoms in total. The van der Waals surface area contributed by atoms with Crippen LogP contribution in [-0.2, 0) is 13.0 Å². The van der Waals surface area contributed by atoms with Gasteiger partial charge in [0.1, 0.15) is 0 Å². The molecule has 1 saturated carbocycles. The van der Waals surface area contributed by atoms with Gasteiger partial charge >= 0.3 is 0 Å². The molecule has 0 saturated heterocycles. The van der Waals surface area contributed by atoms with Crippen molar-refractivity contribution in [1.82, 2.24) is 14.9 Å². The summed E-state index contributed by atoms with van der Waals surface area (Å²) in [6, 6.07) is 5.61. The molecule has 1 amide bonds. The van der Waals surface area contributed by atoms with Crippen molar-refractivity contribution in [2.75, 3.05) is 0 Å². The zero-order valence-electron chi connectivity index (χ0n) is 12.9. The van der Waals surface area contributed by atoms with Crippen LogP contribution in [0.15, 0.2) is 35.4 Å². The molecule has 0 atom stereocenters. The summed E-state index contributed by atoms with van der Waals surface area (Å²) >= 11 is 0. The van der Waals surface area contributed by atoms with E-state index in [-0.39, 0.29) is 11.5 Å². The lowest BCUT2D eigenvalue weighted by Gasteiger charge is -2.23. The predicted molar refractivity (Wildman–Crippen MR) is 87.4 cm³/mol. The highest BCUT2D eigenvalue weighted by molar-refractivity contribution is 6.02. The molecule has 23 heavy (non-hydrogen) atoms. The van der Waals surface area contributed by atoms with Crippen LogP contribution in [0.3, 0.4) is 0 Å². The van der Waals surface area contributed by atoms with Crippen molar-refractivity contribution in [2.24, 2.45) is 0 Å². The minimum atomic E-state index is -0.0583. The zero-order chi connectivity index (χ0) is 15.8. The van der Waals surface area contributed by atoms with Crippen LogP contribution in [0.2, 0.25) is 0 Å². The largest absolute Gasteiger partial charge is 0.349 e. The summed E-state index contributed by atoms with van der Waals surface area (Å²) < 4.78 is 1.77. The highest BCUT2D eigenvalue weighted by Crippen LogP contribution is 2.28. The van der Waals surface area contributed by atoms with Gasteiger partial charge in [-0.1, -0.05) is 6.07 Å². The Kier molecular flexibility index (Phi) is 3.48. The first-order chi connectivity index (χ1) is 11.2. The Morgan fingerprint density at radius 1 is 1.30 bits per heavy atom. The van der Waals surface area contributed by atoms with Crippen molar-refractivity contribution >= 4 is 5.91 Å². The third kappa shape index (κ3) is 2.67. The molecule has 0 spiro atoms.